The number of alkyl halides is 2. The first-order valence-corrected chi connectivity index (χ1v) is 4.55. The van der Waals surface area contributed by atoms with Crippen LogP contribution in [0.15, 0.2) is 42.5 Å². The van der Waals surface area contributed by atoms with Crippen LogP contribution in [0.1, 0.15) is 23.7 Å². The van der Waals surface area contributed by atoms with E-state index in [4.69, 9.17) is 0 Å². The van der Waals surface area contributed by atoms with Crippen molar-refractivity contribution in [2.24, 2.45) is 0 Å². The van der Waals surface area contributed by atoms with Crippen molar-refractivity contribution < 1.29 is 13.6 Å². The molecule has 0 atom stereocenters. The Labute approximate surface area is 87.4 Å². The van der Waals surface area contributed by atoms with Crippen LogP contribution in [0.4, 0.5) is 8.78 Å². The Morgan fingerprint density at radius 3 is 2.33 bits per heavy atom. The fourth-order valence-electron chi connectivity index (χ4n) is 1.26. The molecular weight excluding hydrogens is 198 g/mol. The van der Waals surface area contributed by atoms with Crippen LogP contribution >= 0.6 is 0 Å². The smallest absolute Gasteiger partial charge is 0.287 e. The van der Waals surface area contributed by atoms with Crippen molar-refractivity contribution in [1.82, 2.24) is 0 Å². The highest BCUT2D eigenvalue weighted by Gasteiger charge is 2.38. The van der Waals surface area contributed by atoms with Crippen molar-refractivity contribution in [2.45, 2.75) is 19.3 Å². The third-order valence-electron chi connectivity index (χ3n) is 1.89. The molecule has 0 amide bonds. The summed E-state index contributed by atoms with van der Waals surface area (Å²) < 4.78 is 26.7. The highest BCUT2D eigenvalue weighted by molar-refractivity contribution is 6.01. The molecule has 3 heteroatoms. The van der Waals surface area contributed by atoms with E-state index in [1.165, 1.54) is 19.1 Å². The molecule has 0 aliphatic carbocycles. The minimum Gasteiger partial charge on any atom is -0.287 e. The van der Waals surface area contributed by atoms with E-state index in [1.54, 1.807) is 18.2 Å². The van der Waals surface area contributed by atoms with Gasteiger partial charge in [0, 0.05) is 12.0 Å². The fraction of sp³-hybridized carbons (Fsp3) is 0.250. The number of carbonyl (C=O) groups is 1. The van der Waals surface area contributed by atoms with Crippen LogP contribution in [-0.4, -0.2) is 11.7 Å². The monoisotopic (exact) mass is 210 g/mol. The normalized spacial score (nSPS) is 11.1. The second-order valence-electron chi connectivity index (χ2n) is 3.53. The van der Waals surface area contributed by atoms with Crippen molar-refractivity contribution in [2.75, 3.05) is 0 Å². The van der Waals surface area contributed by atoms with Gasteiger partial charge in [-0.2, -0.15) is 8.78 Å². The van der Waals surface area contributed by atoms with Gasteiger partial charge in [-0.25, -0.2) is 0 Å². The van der Waals surface area contributed by atoms with Crippen LogP contribution in [-0.2, 0) is 0 Å². The number of allylic oxidation sites excluding steroid dienone is 1. The zero-order valence-corrected chi connectivity index (χ0v) is 8.47. The van der Waals surface area contributed by atoms with Crippen LogP contribution in [0.3, 0.4) is 0 Å². The van der Waals surface area contributed by atoms with Gasteiger partial charge in [-0.3, -0.25) is 4.79 Å². The molecule has 0 saturated carbocycles. The molecule has 0 heterocycles. The number of hydrogen-bond acceptors (Lipinski definition) is 1. The number of halogens is 2. The Morgan fingerprint density at radius 2 is 1.87 bits per heavy atom. The first-order chi connectivity index (χ1) is 6.93. The minimum atomic E-state index is -3.35. The lowest BCUT2D eigenvalue weighted by Gasteiger charge is -2.14. The summed E-state index contributed by atoms with van der Waals surface area (Å²) in [6.07, 6.45) is -0.597. The molecule has 0 radical (unpaired) electrons. The molecule has 0 aliphatic heterocycles. The average molecular weight is 210 g/mol. The van der Waals surface area contributed by atoms with E-state index in [-0.39, 0.29) is 5.56 Å². The maximum atomic E-state index is 13.3. The lowest BCUT2D eigenvalue weighted by molar-refractivity contribution is 0.0107. The van der Waals surface area contributed by atoms with E-state index < -0.39 is 18.1 Å². The van der Waals surface area contributed by atoms with Crippen LogP contribution in [0.2, 0.25) is 0 Å². The first kappa shape index (κ1) is 11.6. The maximum Gasteiger partial charge on any atom is 0.313 e. The van der Waals surface area contributed by atoms with Crippen molar-refractivity contribution in [1.29, 1.82) is 0 Å². The number of benzene rings is 1. The van der Waals surface area contributed by atoms with E-state index in [0.717, 1.165) is 0 Å². The lowest BCUT2D eigenvalue weighted by atomic mass is 10.0. The summed E-state index contributed by atoms with van der Waals surface area (Å²) in [4.78, 5) is 11.4. The number of ketones is 1. The predicted octanol–water partition coefficient (Wildman–Crippen LogP) is 3.47. The summed E-state index contributed by atoms with van der Waals surface area (Å²) in [6, 6.07) is 7.56. The molecule has 15 heavy (non-hydrogen) atoms. The van der Waals surface area contributed by atoms with Gasteiger partial charge < -0.3 is 0 Å². The van der Waals surface area contributed by atoms with Crippen LogP contribution in [0.5, 0.6) is 0 Å². The van der Waals surface area contributed by atoms with Crippen molar-refractivity contribution in [3.05, 3.63) is 48.0 Å². The molecular formula is C12H12F2O. The molecule has 0 N–H and O–H groups in total. The molecule has 80 valence electrons. The van der Waals surface area contributed by atoms with Gasteiger partial charge in [0.15, 0.2) is 0 Å². The summed E-state index contributed by atoms with van der Waals surface area (Å²) in [5.74, 6) is -4.50. The topological polar surface area (TPSA) is 17.1 Å². The molecule has 0 bridgehead atoms. The number of hydrogen-bond donors (Lipinski definition) is 0. The lowest BCUT2D eigenvalue weighted by Crippen LogP contribution is -2.28. The SMILES string of the molecule is C=C(C)CC(F)(F)C(=O)c1ccccc1. The van der Waals surface area contributed by atoms with E-state index in [0.29, 0.717) is 5.57 Å². The highest BCUT2D eigenvalue weighted by Crippen LogP contribution is 2.26. The van der Waals surface area contributed by atoms with Gasteiger partial charge >= 0.3 is 5.92 Å². The fourth-order valence-corrected chi connectivity index (χ4v) is 1.26. The molecule has 1 aromatic carbocycles. The predicted molar refractivity (Wildman–Crippen MR) is 55.2 cm³/mol. The summed E-state index contributed by atoms with van der Waals surface area (Å²) in [6.45, 7) is 4.86. The zero-order chi connectivity index (χ0) is 11.5. The van der Waals surface area contributed by atoms with Crippen molar-refractivity contribution in [3.8, 4) is 0 Å². The number of Topliss-reactive ketones (excluding diaryl/α,β-unsaturated/α-hetero) is 1. The van der Waals surface area contributed by atoms with Crippen molar-refractivity contribution >= 4 is 5.78 Å². The second-order valence-corrected chi connectivity index (χ2v) is 3.53. The Morgan fingerprint density at radius 1 is 1.33 bits per heavy atom. The summed E-state index contributed by atoms with van der Waals surface area (Å²) in [5.41, 5.74) is 0.327. The summed E-state index contributed by atoms with van der Waals surface area (Å²) in [5, 5.41) is 0. The van der Waals surface area contributed by atoms with Gasteiger partial charge in [-0.05, 0) is 6.92 Å². The van der Waals surface area contributed by atoms with Gasteiger partial charge in [0.2, 0.25) is 5.78 Å². The first-order valence-electron chi connectivity index (χ1n) is 4.55. The molecule has 0 spiro atoms. The van der Waals surface area contributed by atoms with Crippen LogP contribution in [0, 0.1) is 0 Å². The van der Waals surface area contributed by atoms with Crippen molar-refractivity contribution in [3.63, 3.8) is 0 Å². The van der Waals surface area contributed by atoms with Gasteiger partial charge in [-0.15, -0.1) is 0 Å². The average Bonchev–Trinajstić information content (AvgIpc) is 2.16. The molecule has 1 aromatic rings. The second kappa shape index (κ2) is 4.34. The van der Waals surface area contributed by atoms with E-state index in [2.05, 4.69) is 6.58 Å². The van der Waals surface area contributed by atoms with Gasteiger partial charge in [0.25, 0.3) is 0 Å². The quantitative estimate of drug-likeness (QED) is 0.549. The Balaban J connectivity index is 2.89. The number of rotatable bonds is 4. The highest BCUT2D eigenvalue weighted by atomic mass is 19.3. The van der Waals surface area contributed by atoms with Crippen LogP contribution < -0.4 is 0 Å². The molecule has 0 aromatic heterocycles. The molecule has 0 unspecified atom stereocenters. The standard InChI is InChI=1S/C12H12F2O/c1-9(2)8-12(13,14)11(15)10-6-4-3-5-7-10/h3-7H,1,8H2,2H3. The largest absolute Gasteiger partial charge is 0.313 e. The zero-order valence-electron chi connectivity index (χ0n) is 8.47. The Kier molecular flexibility index (Phi) is 3.35. The van der Waals surface area contributed by atoms with E-state index in [1.807, 2.05) is 0 Å². The molecule has 0 aliphatic rings. The molecule has 0 fully saturated rings. The van der Waals surface area contributed by atoms with E-state index in [9.17, 15) is 13.6 Å². The molecule has 0 saturated heterocycles. The minimum absolute atomic E-state index is 0.0313. The van der Waals surface area contributed by atoms with E-state index >= 15 is 0 Å². The van der Waals surface area contributed by atoms with Gasteiger partial charge in [0.1, 0.15) is 0 Å². The number of carbonyl (C=O) groups excluding carboxylic acids is 1. The molecule has 1 rings (SSSR count). The Bertz CT molecular complexity index is 368. The maximum absolute atomic E-state index is 13.3. The van der Waals surface area contributed by atoms with Gasteiger partial charge in [-0.1, -0.05) is 42.5 Å². The third kappa shape index (κ3) is 2.98. The van der Waals surface area contributed by atoms with Gasteiger partial charge in [0.05, 0.1) is 0 Å². The Hall–Kier alpha value is -1.51. The summed E-state index contributed by atoms with van der Waals surface area (Å²) >= 11 is 0. The van der Waals surface area contributed by atoms with Crippen LogP contribution in [0.25, 0.3) is 0 Å². The third-order valence-corrected chi connectivity index (χ3v) is 1.89. The molecule has 1 nitrogen and oxygen atoms in total. The summed E-state index contributed by atoms with van der Waals surface area (Å²) in [7, 11) is 0.